The van der Waals surface area contributed by atoms with Gasteiger partial charge in [0.2, 0.25) is 0 Å². The summed E-state index contributed by atoms with van der Waals surface area (Å²) in [5.74, 6) is 0.129. The number of likely N-dealkylation sites (tertiary alicyclic amines) is 1. The zero-order chi connectivity index (χ0) is 21.4. The molecule has 0 N–H and O–H groups in total. The molecule has 2 unspecified atom stereocenters. The Morgan fingerprint density at radius 1 is 0.903 bits per heavy atom. The van der Waals surface area contributed by atoms with Crippen molar-refractivity contribution in [2.45, 2.75) is 77.0 Å². The molecule has 31 heavy (non-hydrogen) atoms. The Labute approximate surface area is 187 Å². The second-order valence-electron chi connectivity index (χ2n) is 10.6. The lowest BCUT2D eigenvalue weighted by Gasteiger charge is -2.50. The quantitative estimate of drug-likeness (QED) is 0.728. The van der Waals surface area contributed by atoms with Gasteiger partial charge < -0.3 is 19.4 Å². The van der Waals surface area contributed by atoms with Gasteiger partial charge in [0, 0.05) is 43.5 Å². The van der Waals surface area contributed by atoms with Gasteiger partial charge in [-0.25, -0.2) is 0 Å². The highest BCUT2D eigenvalue weighted by Crippen LogP contribution is 2.43. The molecule has 170 valence electrons. The number of anilines is 1. The Bertz CT molecular complexity index is 747. The molecule has 2 atom stereocenters. The van der Waals surface area contributed by atoms with Crippen molar-refractivity contribution >= 4 is 11.6 Å². The second-order valence-corrected chi connectivity index (χ2v) is 10.6. The predicted octanol–water partition coefficient (Wildman–Crippen LogP) is 4.17. The third-order valence-corrected chi connectivity index (χ3v) is 8.46. The molecule has 5 nitrogen and oxygen atoms in total. The van der Waals surface area contributed by atoms with Gasteiger partial charge in [-0.15, -0.1) is 0 Å². The van der Waals surface area contributed by atoms with Gasteiger partial charge in [0.1, 0.15) is 0 Å². The normalized spacial score (nSPS) is 29.7. The van der Waals surface area contributed by atoms with Crippen molar-refractivity contribution in [3.8, 4) is 0 Å². The molecule has 0 aromatic heterocycles. The van der Waals surface area contributed by atoms with Crippen molar-refractivity contribution in [3.05, 3.63) is 29.8 Å². The summed E-state index contributed by atoms with van der Waals surface area (Å²) in [5, 5.41) is 0. The van der Waals surface area contributed by atoms with Crippen molar-refractivity contribution in [1.29, 1.82) is 0 Å². The van der Waals surface area contributed by atoms with Crippen LogP contribution in [0.1, 0.15) is 69.2 Å². The SMILES string of the molecule is CC1CN(C(=O)c2ccc(N3CCC4(CC3)CCN(C3CCC3)CC4)cc2)CC(C)O1. The number of carbonyl (C=O) groups excluding carboxylic acids is 1. The lowest BCUT2D eigenvalue weighted by Crippen LogP contribution is -2.50. The average Bonchev–Trinajstić information content (AvgIpc) is 2.74. The summed E-state index contributed by atoms with van der Waals surface area (Å²) in [4.78, 5) is 20.2. The first-order valence-corrected chi connectivity index (χ1v) is 12.6. The van der Waals surface area contributed by atoms with Gasteiger partial charge >= 0.3 is 0 Å². The van der Waals surface area contributed by atoms with Gasteiger partial charge in [0.25, 0.3) is 5.91 Å². The van der Waals surface area contributed by atoms with E-state index in [9.17, 15) is 4.79 Å². The molecule has 1 aromatic rings. The van der Waals surface area contributed by atoms with Crippen LogP contribution in [-0.4, -0.2) is 73.2 Å². The van der Waals surface area contributed by atoms with Gasteiger partial charge in [-0.2, -0.15) is 0 Å². The molecule has 4 fully saturated rings. The van der Waals surface area contributed by atoms with Gasteiger partial charge in [0.15, 0.2) is 0 Å². The summed E-state index contributed by atoms with van der Waals surface area (Å²) in [6.45, 7) is 10.4. The van der Waals surface area contributed by atoms with Crippen LogP contribution >= 0.6 is 0 Å². The van der Waals surface area contributed by atoms with Crippen LogP contribution in [0.4, 0.5) is 5.69 Å². The highest BCUT2D eigenvalue weighted by Gasteiger charge is 2.39. The van der Waals surface area contributed by atoms with Crippen molar-refractivity contribution in [1.82, 2.24) is 9.80 Å². The Balaban J connectivity index is 1.15. The van der Waals surface area contributed by atoms with Crippen LogP contribution < -0.4 is 4.90 Å². The summed E-state index contributed by atoms with van der Waals surface area (Å²) < 4.78 is 5.77. The lowest BCUT2D eigenvalue weighted by molar-refractivity contribution is -0.0586. The molecule has 1 aromatic carbocycles. The van der Waals surface area contributed by atoms with Crippen LogP contribution in [0.25, 0.3) is 0 Å². The molecule has 3 aliphatic heterocycles. The monoisotopic (exact) mass is 425 g/mol. The molecule has 1 amide bonds. The standard InChI is InChI=1S/C26H39N3O2/c1-20-18-29(19-21(2)31-20)25(30)22-6-8-24(9-7-22)28-16-12-26(13-17-28)10-14-27(15-11-26)23-4-3-5-23/h6-9,20-21,23H,3-5,10-19H2,1-2H3. The smallest absolute Gasteiger partial charge is 0.254 e. The van der Waals surface area contributed by atoms with Crippen LogP contribution in [0.5, 0.6) is 0 Å². The van der Waals surface area contributed by atoms with Crippen LogP contribution in [0, 0.1) is 5.41 Å². The average molecular weight is 426 g/mol. The highest BCUT2D eigenvalue weighted by atomic mass is 16.5. The predicted molar refractivity (Wildman–Crippen MR) is 125 cm³/mol. The molecule has 1 aliphatic carbocycles. The largest absolute Gasteiger partial charge is 0.372 e. The van der Waals surface area contributed by atoms with E-state index < -0.39 is 0 Å². The van der Waals surface area contributed by atoms with E-state index in [0.717, 1.165) is 24.7 Å². The molecular weight excluding hydrogens is 386 g/mol. The van der Waals surface area contributed by atoms with E-state index in [2.05, 4.69) is 21.9 Å². The molecule has 0 bridgehead atoms. The molecule has 3 heterocycles. The van der Waals surface area contributed by atoms with Crippen LogP contribution in [0.2, 0.25) is 0 Å². The first kappa shape index (κ1) is 21.3. The number of hydrogen-bond acceptors (Lipinski definition) is 4. The first-order valence-electron chi connectivity index (χ1n) is 12.6. The number of piperidine rings is 2. The second kappa shape index (κ2) is 8.74. The van der Waals surface area contributed by atoms with Gasteiger partial charge in [0.05, 0.1) is 12.2 Å². The number of benzene rings is 1. The van der Waals surface area contributed by atoms with Crippen molar-refractivity contribution < 1.29 is 9.53 Å². The van der Waals surface area contributed by atoms with E-state index in [1.54, 1.807) is 0 Å². The van der Waals surface area contributed by atoms with E-state index in [1.807, 2.05) is 30.9 Å². The minimum atomic E-state index is 0.105. The summed E-state index contributed by atoms with van der Waals surface area (Å²) in [6.07, 6.45) is 9.93. The molecule has 1 saturated carbocycles. The van der Waals surface area contributed by atoms with Gasteiger partial charge in [-0.1, -0.05) is 6.42 Å². The number of carbonyl (C=O) groups is 1. The lowest BCUT2D eigenvalue weighted by atomic mass is 9.70. The number of rotatable bonds is 3. The van der Waals surface area contributed by atoms with Crippen molar-refractivity contribution in [2.75, 3.05) is 44.2 Å². The fraction of sp³-hybridized carbons (Fsp3) is 0.731. The molecular formula is C26H39N3O2. The van der Waals surface area contributed by atoms with Crippen molar-refractivity contribution in [3.63, 3.8) is 0 Å². The van der Waals surface area contributed by atoms with Crippen LogP contribution in [0.15, 0.2) is 24.3 Å². The number of ether oxygens (including phenoxy) is 1. The summed E-state index contributed by atoms with van der Waals surface area (Å²) in [6, 6.07) is 9.24. The molecule has 3 saturated heterocycles. The fourth-order valence-corrected chi connectivity index (χ4v) is 6.20. The van der Waals surface area contributed by atoms with Crippen LogP contribution in [0.3, 0.4) is 0 Å². The maximum atomic E-state index is 12.9. The van der Waals surface area contributed by atoms with E-state index >= 15 is 0 Å². The van der Waals surface area contributed by atoms with E-state index in [1.165, 1.54) is 63.7 Å². The van der Waals surface area contributed by atoms with E-state index in [4.69, 9.17) is 4.74 Å². The highest BCUT2D eigenvalue weighted by molar-refractivity contribution is 5.94. The summed E-state index contributed by atoms with van der Waals surface area (Å²) in [7, 11) is 0. The third kappa shape index (κ3) is 4.49. The zero-order valence-corrected chi connectivity index (χ0v) is 19.4. The Kier molecular flexibility index (Phi) is 6.00. The number of morpholine rings is 1. The van der Waals surface area contributed by atoms with Crippen molar-refractivity contribution in [2.24, 2.45) is 5.41 Å². The molecule has 5 rings (SSSR count). The summed E-state index contributed by atoms with van der Waals surface area (Å²) >= 11 is 0. The number of amides is 1. The van der Waals surface area contributed by atoms with E-state index in [0.29, 0.717) is 18.5 Å². The molecule has 5 heteroatoms. The maximum Gasteiger partial charge on any atom is 0.254 e. The Morgan fingerprint density at radius 2 is 1.48 bits per heavy atom. The molecule has 1 spiro atoms. The number of hydrogen-bond donors (Lipinski definition) is 0. The maximum absolute atomic E-state index is 12.9. The van der Waals surface area contributed by atoms with E-state index in [-0.39, 0.29) is 18.1 Å². The molecule has 4 aliphatic rings. The fourth-order valence-electron chi connectivity index (χ4n) is 6.20. The van der Waals surface area contributed by atoms with Gasteiger partial charge in [-0.05, 0) is 95.1 Å². The van der Waals surface area contributed by atoms with Gasteiger partial charge in [-0.3, -0.25) is 4.79 Å². The Hall–Kier alpha value is -1.59. The molecule has 0 radical (unpaired) electrons. The van der Waals surface area contributed by atoms with Crippen LogP contribution in [-0.2, 0) is 4.74 Å². The zero-order valence-electron chi connectivity index (χ0n) is 19.4. The summed E-state index contributed by atoms with van der Waals surface area (Å²) in [5.41, 5.74) is 2.64. The number of nitrogens with zero attached hydrogens (tertiary/aromatic N) is 3. The minimum absolute atomic E-state index is 0.105. The minimum Gasteiger partial charge on any atom is -0.372 e. The first-order chi connectivity index (χ1) is 15.0. The topological polar surface area (TPSA) is 36.0 Å². The third-order valence-electron chi connectivity index (χ3n) is 8.46. The Morgan fingerprint density at radius 3 is 2.03 bits per heavy atom.